The third-order valence-corrected chi connectivity index (χ3v) is 4.30. The zero-order valence-corrected chi connectivity index (χ0v) is 19.4. The molecule has 0 aliphatic heterocycles. The zero-order chi connectivity index (χ0) is 24.7. The van der Waals surface area contributed by atoms with E-state index >= 15 is 0 Å². The lowest BCUT2D eigenvalue weighted by Crippen LogP contribution is -2.44. The highest BCUT2D eigenvalue weighted by Gasteiger charge is 2.24. The minimum absolute atomic E-state index is 0.0964. The lowest BCUT2D eigenvalue weighted by atomic mass is 10.0. The van der Waals surface area contributed by atoms with E-state index in [9.17, 15) is 29.7 Å². The summed E-state index contributed by atoms with van der Waals surface area (Å²) in [6.07, 6.45) is -1.25. The van der Waals surface area contributed by atoms with Gasteiger partial charge in [0.15, 0.2) is 4.84 Å². The van der Waals surface area contributed by atoms with Crippen molar-refractivity contribution in [1.29, 1.82) is 0 Å². The lowest BCUT2D eigenvalue weighted by Gasteiger charge is -2.22. The van der Waals surface area contributed by atoms with Crippen LogP contribution >= 0.6 is 46.4 Å². The van der Waals surface area contributed by atoms with E-state index in [1.807, 2.05) is 0 Å². The van der Waals surface area contributed by atoms with Crippen molar-refractivity contribution in [2.75, 3.05) is 31.5 Å². The van der Waals surface area contributed by atoms with Gasteiger partial charge in [0, 0.05) is 30.4 Å². The predicted molar refractivity (Wildman–Crippen MR) is 120 cm³/mol. The summed E-state index contributed by atoms with van der Waals surface area (Å²) in [5.74, 6) is -0.298. The van der Waals surface area contributed by atoms with Crippen molar-refractivity contribution in [2.45, 2.75) is 17.0 Å². The summed E-state index contributed by atoms with van der Waals surface area (Å²) in [6.45, 7) is -0.155. The molecule has 0 saturated heterocycles. The van der Waals surface area contributed by atoms with Gasteiger partial charge in [-0.25, -0.2) is 4.79 Å². The Bertz CT molecular complexity index is 742. The van der Waals surface area contributed by atoms with Gasteiger partial charge < -0.3 is 20.8 Å². The number of amides is 3. The second-order valence-corrected chi connectivity index (χ2v) is 7.56. The molecule has 0 saturated carbocycles. The molecule has 0 aromatic heterocycles. The number of hydrogen-bond donors (Lipinski definition) is 4. The number of nitro groups is 1. The number of alkyl halides is 4. The molecular weight excluding hydrogens is 516 g/mol. The number of aliphatic hydroxyl groups is 2. The highest BCUT2D eigenvalue weighted by atomic mass is 35.5. The molecule has 0 fully saturated rings. The van der Waals surface area contributed by atoms with Crippen LogP contribution in [0.3, 0.4) is 0 Å². The summed E-state index contributed by atoms with van der Waals surface area (Å²) in [7, 11) is 0. The number of rotatable bonds is 11. The zero-order valence-electron chi connectivity index (χ0n) is 16.4. The van der Waals surface area contributed by atoms with Gasteiger partial charge in [0.2, 0.25) is 0 Å². The van der Waals surface area contributed by atoms with E-state index in [1.54, 1.807) is 0 Å². The Balaban J connectivity index is 0.000000687. The Hall–Kier alpha value is -1.96. The largest absolute Gasteiger partial charge is 0.394 e. The van der Waals surface area contributed by atoms with Gasteiger partial charge in [-0.2, -0.15) is 5.01 Å². The number of carbonyl (C=O) groups excluding carboxylic acids is 2. The van der Waals surface area contributed by atoms with Gasteiger partial charge in [0.05, 0.1) is 29.4 Å². The molecule has 0 spiro atoms. The summed E-state index contributed by atoms with van der Waals surface area (Å²) in [6, 6.07) is 3.48. The van der Waals surface area contributed by atoms with Crippen LogP contribution in [0.2, 0.25) is 0 Å². The number of non-ortho nitro benzene ring substituents is 1. The van der Waals surface area contributed by atoms with Crippen LogP contribution in [0.25, 0.3) is 0 Å². The minimum Gasteiger partial charge on any atom is -0.394 e. The lowest BCUT2D eigenvalue weighted by molar-refractivity contribution is -0.384. The van der Waals surface area contributed by atoms with Crippen LogP contribution in [0.4, 0.5) is 10.5 Å². The van der Waals surface area contributed by atoms with Crippen molar-refractivity contribution in [1.82, 2.24) is 15.6 Å². The van der Waals surface area contributed by atoms with Gasteiger partial charge in [-0.3, -0.25) is 14.9 Å². The number of nitroso groups, excluding NO2 is 1. The van der Waals surface area contributed by atoms with E-state index in [0.717, 1.165) is 0 Å². The van der Waals surface area contributed by atoms with Crippen LogP contribution in [0.1, 0.15) is 11.7 Å². The molecule has 2 atom stereocenters. The van der Waals surface area contributed by atoms with Crippen LogP contribution in [0.5, 0.6) is 0 Å². The number of nitro benzene ring substituents is 1. The summed E-state index contributed by atoms with van der Waals surface area (Å²) < 4.78 is 0. The molecule has 16 heteroatoms. The third kappa shape index (κ3) is 11.1. The van der Waals surface area contributed by atoms with Crippen LogP contribution in [0.15, 0.2) is 29.6 Å². The quantitative estimate of drug-likeness (QED) is 0.145. The Morgan fingerprint density at radius 2 is 1.78 bits per heavy atom. The third-order valence-electron chi connectivity index (χ3n) is 3.55. The second kappa shape index (κ2) is 16.6. The van der Waals surface area contributed by atoms with E-state index in [0.29, 0.717) is 23.0 Å². The number of aliphatic hydroxyl groups excluding tert-OH is 2. The first-order valence-electron chi connectivity index (χ1n) is 8.75. The molecule has 3 amide bonds. The van der Waals surface area contributed by atoms with Crippen molar-refractivity contribution in [2.24, 2.45) is 5.29 Å². The van der Waals surface area contributed by atoms with Crippen LogP contribution < -0.4 is 10.6 Å². The fourth-order valence-electron chi connectivity index (χ4n) is 2.00. The van der Waals surface area contributed by atoms with E-state index in [4.69, 9.17) is 51.5 Å². The Kier molecular flexibility index (Phi) is 15.6. The monoisotopic (exact) mass is 535 g/mol. The number of carbonyl (C=O) groups is 2. The number of nitrogens with one attached hydrogen (secondary N) is 2. The van der Waals surface area contributed by atoms with Gasteiger partial charge in [-0.05, 0) is 17.7 Å². The summed E-state index contributed by atoms with van der Waals surface area (Å²) in [5.41, 5.74) is 0.169. The molecule has 32 heavy (non-hydrogen) atoms. The van der Waals surface area contributed by atoms with Crippen LogP contribution in [0, 0.1) is 15.0 Å². The van der Waals surface area contributed by atoms with Crippen molar-refractivity contribution < 1.29 is 24.7 Å². The van der Waals surface area contributed by atoms with Gasteiger partial charge >= 0.3 is 6.03 Å². The normalized spacial score (nSPS) is 12.1. The summed E-state index contributed by atoms with van der Waals surface area (Å²) in [4.78, 5) is 40.9. The highest BCUT2D eigenvalue weighted by Crippen LogP contribution is 2.20. The average molecular weight is 537 g/mol. The number of nitrogens with zero attached hydrogens (tertiary/aromatic N) is 3. The molecule has 180 valence electrons. The fourth-order valence-corrected chi connectivity index (χ4v) is 2.38. The molecule has 1 rings (SSSR count). The van der Waals surface area contributed by atoms with E-state index in [-0.39, 0.29) is 18.1 Å². The maximum atomic E-state index is 11.3. The van der Waals surface area contributed by atoms with Gasteiger partial charge in [0.1, 0.15) is 6.10 Å². The fraction of sp³-hybridized carbons (Fsp3) is 0.500. The molecule has 1 aromatic carbocycles. The Morgan fingerprint density at radius 3 is 2.19 bits per heavy atom. The van der Waals surface area contributed by atoms with Crippen molar-refractivity contribution in [3.8, 4) is 0 Å². The van der Waals surface area contributed by atoms with E-state index in [2.05, 4.69) is 15.9 Å². The SMILES string of the molecule is O=C(N[C@H](CO)[C@H](O)c1ccc([N+](=O)[O-])cc1)C(Cl)Cl.O=NN(CCCl)C(=O)NCCCl. The van der Waals surface area contributed by atoms with Gasteiger partial charge in [0.25, 0.3) is 11.6 Å². The average Bonchev–Trinajstić information content (AvgIpc) is 2.79. The van der Waals surface area contributed by atoms with Crippen LogP contribution in [-0.2, 0) is 4.79 Å². The van der Waals surface area contributed by atoms with Crippen molar-refractivity contribution in [3.63, 3.8) is 0 Å². The molecule has 0 radical (unpaired) electrons. The molecule has 1 aromatic rings. The predicted octanol–water partition coefficient (Wildman–Crippen LogP) is 2.07. The molecular formula is C16H21Cl4N5O7. The number of halogens is 4. The summed E-state index contributed by atoms with van der Waals surface area (Å²) >= 11 is 21.3. The van der Waals surface area contributed by atoms with Gasteiger partial charge in [-0.15, -0.1) is 28.1 Å². The molecule has 0 heterocycles. The van der Waals surface area contributed by atoms with Gasteiger partial charge in [-0.1, -0.05) is 23.2 Å². The summed E-state index contributed by atoms with van der Waals surface area (Å²) in [5, 5.41) is 37.5. The van der Waals surface area contributed by atoms with E-state index < -0.39 is 40.5 Å². The molecule has 4 N–H and O–H groups in total. The van der Waals surface area contributed by atoms with Crippen molar-refractivity contribution in [3.05, 3.63) is 44.9 Å². The minimum atomic E-state index is -1.33. The first-order chi connectivity index (χ1) is 15.1. The maximum absolute atomic E-state index is 11.3. The number of hydrogen-bond acceptors (Lipinski definition) is 8. The topological polar surface area (TPSA) is 174 Å². The van der Waals surface area contributed by atoms with E-state index in [1.165, 1.54) is 24.3 Å². The number of urea groups is 1. The van der Waals surface area contributed by atoms with Crippen molar-refractivity contribution >= 4 is 64.0 Å². The number of benzene rings is 1. The highest BCUT2D eigenvalue weighted by molar-refractivity contribution is 6.53. The Morgan fingerprint density at radius 1 is 1.19 bits per heavy atom. The Labute approximate surface area is 202 Å². The second-order valence-electron chi connectivity index (χ2n) is 5.71. The molecule has 12 nitrogen and oxygen atoms in total. The first kappa shape index (κ1) is 30.0. The molecule has 0 bridgehead atoms. The molecule has 0 aliphatic carbocycles. The first-order valence-corrected chi connectivity index (χ1v) is 10.7. The van der Waals surface area contributed by atoms with Crippen LogP contribution in [-0.4, -0.2) is 74.4 Å². The molecule has 0 unspecified atom stereocenters. The maximum Gasteiger partial charge on any atom is 0.340 e. The smallest absolute Gasteiger partial charge is 0.340 e. The molecule has 0 aliphatic rings. The standard InChI is InChI=1S/C11H12Cl2N2O5.C5H9Cl2N3O2/c12-10(13)11(18)14-8(5-16)9(17)6-1-3-7(4-2-6)15(19)20;6-1-3-8-5(11)10(9-12)4-2-7/h1-4,8-10,16-17H,5H2,(H,14,18);1-4H2,(H,8,11)/t8-,9-;/m1./s1.